The van der Waals surface area contributed by atoms with Crippen molar-refractivity contribution in [3.05, 3.63) is 65.7 Å². The van der Waals surface area contributed by atoms with Gasteiger partial charge in [-0.1, -0.05) is 42.5 Å². The second-order valence-corrected chi connectivity index (χ2v) is 6.72. The zero-order valence-corrected chi connectivity index (χ0v) is 17.7. The molecule has 0 heterocycles. The van der Waals surface area contributed by atoms with Gasteiger partial charge in [-0.2, -0.15) is 0 Å². The van der Waals surface area contributed by atoms with E-state index in [0.717, 1.165) is 11.7 Å². The van der Waals surface area contributed by atoms with Crippen LogP contribution in [0.4, 0.5) is 0 Å². The number of hydrogen-bond acceptors (Lipinski definition) is 2. The van der Waals surface area contributed by atoms with E-state index in [1.165, 1.54) is 11.1 Å². The minimum atomic E-state index is -0.0169. The van der Waals surface area contributed by atoms with Gasteiger partial charge < -0.3 is 15.4 Å². The van der Waals surface area contributed by atoms with Crippen molar-refractivity contribution in [2.75, 3.05) is 7.05 Å². The number of benzene rings is 2. The first kappa shape index (κ1) is 21.3. The third kappa shape index (κ3) is 8.25. The predicted octanol–water partition coefficient (Wildman–Crippen LogP) is 4.35. The average Bonchev–Trinajstić information content (AvgIpc) is 2.57. The van der Waals surface area contributed by atoms with E-state index >= 15 is 0 Å². The van der Waals surface area contributed by atoms with Gasteiger partial charge >= 0.3 is 0 Å². The molecule has 2 aromatic carbocycles. The normalized spacial score (nSPS) is 11.4. The molecule has 0 bridgehead atoms. The summed E-state index contributed by atoms with van der Waals surface area (Å²) in [5, 5.41) is 6.66. The number of ether oxygens (including phenoxy) is 1. The van der Waals surface area contributed by atoms with Gasteiger partial charge in [-0.15, -0.1) is 24.0 Å². The molecule has 0 unspecified atom stereocenters. The standard InChI is InChI=1S/C20H27N3O.HI/c1-20(2,3)23-19(21-4)22-14-16-10-12-18(13-11-16)24-15-17-8-6-5-7-9-17;/h5-13H,14-15H2,1-4H3,(H2,21,22,23);1H. The van der Waals surface area contributed by atoms with E-state index in [0.29, 0.717) is 13.2 Å². The largest absolute Gasteiger partial charge is 0.489 e. The Kier molecular flexibility index (Phi) is 8.75. The van der Waals surface area contributed by atoms with Gasteiger partial charge in [-0.05, 0) is 44.0 Å². The molecule has 5 heteroatoms. The van der Waals surface area contributed by atoms with E-state index in [1.54, 1.807) is 7.05 Å². The van der Waals surface area contributed by atoms with Crippen LogP contribution in [0.1, 0.15) is 31.9 Å². The van der Waals surface area contributed by atoms with E-state index in [4.69, 9.17) is 4.74 Å². The lowest BCUT2D eigenvalue weighted by molar-refractivity contribution is 0.306. The molecule has 0 saturated carbocycles. The molecule has 136 valence electrons. The molecule has 0 radical (unpaired) electrons. The number of hydrogen-bond donors (Lipinski definition) is 2. The van der Waals surface area contributed by atoms with E-state index < -0.39 is 0 Å². The second kappa shape index (κ2) is 10.3. The molecule has 25 heavy (non-hydrogen) atoms. The Morgan fingerprint density at radius 3 is 2.16 bits per heavy atom. The van der Waals surface area contributed by atoms with E-state index in [-0.39, 0.29) is 29.5 Å². The predicted molar refractivity (Wildman–Crippen MR) is 116 cm³/mol. The van der Waals surface area contributed by atoms with Crippen molar-refractivity contribution in [2.24, 2.45) is 4.99 Å². The highest BCUT2D eigenvalue weighted by Gasteiger charge is 2.11. The smallest absolute Gasteiger partial charge is 0.191 e. The summed E-state index contributed by atoms with van der Waals surface area (Å²) in [4.78, 5) is 4.24. The van der Waals surface area contributed by atoms with Gasteiger partial charge in [0, 0.05) is 19.1 Å². The maximum atomic E-state index is 5.80. The van der Waals surface area contributed by atoms with E-state index in [2.05, 4.69) is 60.7 Å². The molecule has 0 aliphatic heterocycles. The molecule has 0 aliphatic rings. The van der Waals surface area contributed by atoms with Gasteiger partial charge in [0.2, 0.25) is 0 Å². The van der Waals surface area contributed by atoms with Crippen LogP contribution in [0.3, 0.4) is 0 Å². The van der Waals surface area contributed by atoms with Crippen LogP contribution in [0.5, 0.6) is 5.75 Å². The lowest BCUT2D eigenvalue weighted by atomic mass is 10.1. The van der Waals surface area contributed by atoms with Crippen molar-refractivity contribution in [2.45, 2.75) is 39.5 Å². The first-order valence-electron chi connectivity index (χ1n) is 8.21. The Balaban J connectivity index is 0.00000312. The monoisotopic (exact) mass is 453 g/mol. The number of rotatable bonds is 5. The summed E-state index contributed by atoms with van der Waals surface area (Å²) >= 11 is 0. The Bertz CT molecular complexity index is 649. The summed E-state index contributed by atoms with van der Waals surface area (Å²) in [6.07, 6.45) is 0. The molecule has 4 nitrogen and oxygen atoms in total. The van der Waals surface area contributed by atoms with Crippen LogP contribution in [0, 0.1) is 0 Å². The number of halogens is 1. The Hall–Kier alpha value is -1.76. The van der Waals surface area contributed by atoms with Gasteiger partial charge in [0.15, 0.2) is 5.96 Å². The molecule has 0 saturated heterocycles. The van der Waals surface area contributed by atoms with Gasteiger partial charge in [-0.3, -0.25) is 4.99 Å². The molecule has 0 spiro atoms. The molecule has 2 aromatic rings. The molecule has 2 rings (SSSR count). The van der Waals surface area contributed by atoms with E-state index in [1.807, 2.05) is 30.3 Å². The number of nitrogens with one attached hydrogen (secondary N) is 2. The van der Waals surface area contributed by atoms with Gasteiger partial charge in [0.05, 0.1) is 0 Å². The maximum absolute atomic E-state index is 5.80. The fourth-order valence-corrected chi connectivity index (χ4v) is 2.16. The van der Waals surface area contributed by atoms with Crippen LogP contribution in [0.25, 0.3) is 0 Å². The summed E-state index contributed by atoms with van der Waals surface area (Å²) in [6, 6.07) is 18.3. The summed E-state index contributed by atoms with van der Waals surface area (Å²) in [7, 11) is 1.78. The maximum Gasteiger partial charge on any atom is 0.191 e. The van der Waals surface area contributed by atoms with Crippen molar-refractivity contribution < 1.29 is 4.74 Å². The molecule has 0 aliphatic carbocycles. The van der Waals surface area contributed by atoms with Crippen LogP contribution in [0.15, 0.2) is 59.6 Å². The third-order valence-corrected chi connectivity index (χ3v) is 3.35. The quantitative estimate of drug-likeness (QED) is 0.402. The molecule has 0 atom stereocenters. The average molecular weight is 453 g/mol. The molecule has 0 fully saturated rings. The van der Waals surface area contributed by atoms with Crippen molar-refractivity contribution in [1.82, 2.24) is 10.6 Å². The molecular weight excluding hydrogens is 425 g/mol. The van der Waals surface area contributed by atoms with Crippen LogP contribution in [-0.4, -0.2) is 18.5 Å². The lowest BCUT2D eigenvalue weighted by Crippen LogP contribution is -2.47. The van der Waals surface area contributed by atoms with Crippen LogP contribution >= 0.6 is 24.0 Å². The van der Waals surface area contributed by atoms with Crippen molar-refractivity contribution in [3.63, 3.8) is 0 Å². The van der Waals surface area contributed by atoms with Crippen molar-refractivity contribution >= 4 is 29.9 Å². The van der Waals surface area contributed by atoms with Crippen LogP contribution in [-0.2, 0) is 13.2 Å². The van der Waals surface area contributed by atoms with E-state index in [9.17, 15) is 0 Å². The van der Waals surface area contributed by atoms with Gasteiger partial charge in [0.1, 0.15) is 12.4 Å². The Morgan fingerprint density at radius 2 is 1.60 bits per heavy atom. The second-order valence-electron chi connectivity index (χ2n) is 6.72. The number of aliphatic imine (C=N–C) groups is 1. The number of nitrogens with zero attached hydrogens (tertiary/aromatic N) is 1. The van der Waals surface area contributed by atoms with Gasteiger partial charge in [0.25, 0.3) is 0 Å². The Morgan fingerprint density at radius 1 is 0.960 bits per heavy atom. The third-order valence-electron chi connectivity index (χ3n) is 3.35. The topological polar surface area (TPSA) is 45.7 Å². The summed E-state index contributed by atoms with van der Waals surface area (Å²) in [5.41, 5.74) is 2.33. The minimum absolute atomic E-state index is 0. The number of guanidine groups is 1. The van der Waals surface area contributed by atoms with Crippen molar-refractivity contribution in [1.29, 1.82) is 0 Å². The summed E-state index contributed by atoms with van der Waals surface area (Å²) in [5.74, 6) is 1.67. The van der Waals surface area contributed by atoms with Crippen LogP contribution < -0.4 is 15.4 Å². The minimum Gasteiger partial charge on any atom is -0.489 e. The zero-order chi connectivity index (χ0) is 17.4. The van der Waals surface area contributed by atoms with Gasteiger partial charge in [-0.25, -0.2) is 0 Å². The first-order chi connectivity index (χ1) is 11.5. The highest BCUT2D eigenvalue weighted by Crippen LogP contribution is 2.14. The fourth-order valence-electron chi connectivity index (χ4n) is 2.16. The molecule has 0 amide bonds. The highest BCUT2D eigenvalue weighted by molar-refractivity contribution is 14.0. The molecule has 2 N–H and O–H groups in total. The first-order valence-corrected chi connectivity index (χ1v) is 8.21. The highest BCUT2D eigenvalue weighted by atomic mass is 127. The fraction of sp³-hybridized carbons (Fsp3) is 0.350. The molecular formula is C20H28IN3O. The van der Waals surface area contributed by atoms with Crippen LogP contribution in [0.2, 0.25) is 0 Å². The van der Waals surface area contributed by atoms with Crippen molar-refractivity contribution in [3.8, 4) is 5.75 Å². The lowest BCUT2D eigenvalue weighted by Gasteiger charge is -2.23. The SMILES string of the molecule is CN=C(NCc1ccc(OCc2ccccc2)cc1)NC(C)(C)C.I. The Labute approximate surface area is 168 Å². The summed E-state index contributed by atoms with van der Waals surface area (Å²) in [6.45, 7) is 7.63. The summed E-state index contributed by atoms with van der Waals surface area (Å²) < 4.78 is 5.80. The zero-order valence-electron chi connectivity index (χ0n) is 15.4. The molecule has 0 aromatic heterocycles.